The molecular weight excluding hydrogens is 204 g/mol. The molecule has 1 aliphatic rings. The van der Waals surface area contributed by atoms with Crippen molar-refractivity contribution in [1.82, 2.24) is 15.1 Å². The lowest BCUT2D eigenvalue weighted by molar-refractivity contribution is 0.0929. The molecule has 0 saturated heterocycles. The molecule has 0 radical (unpaired) electrons. The zero-order valence-corrected chi connectivity index (χ0v) is 9.79. The van der Waals surface area contributed by atoms with Gasteiger partial charge in [0.25, 0.3) is 5.91 Å². The molecule has 0 spiro atoms. The van der Waals surface area contributed by atoms with Crippen molar-refractivity contribution in [2.75, 3.05) is 5.73 Å². The molecule has 3 N–H and O–H groups in total. The summed E-state index contributed by atoms with van der Waals surface area (Å²) in [6.45, 7) is 1.81. The fourth-order valence-electron chi connectivity index (χ4n) is 2.27. The number of nitrogens with one attached hydrogen (secondary N) is 1. The van der Waals surface area contributed by atoms with Gasteiger partial charge in [0.1, 0.15) is 5.69 Å². The second kappa shape index (κ2) is 4.15. The van der Waals surface area contributed by atoms with Gasteiger partial charge >= 0.3 is 0 Å². The maximum absolute atomic E-state index is 12.0. The summed E-state index contributed by atoms with van der Waals surface area (Å²) >= 11 is 0. The number of hydrogen-bond acceptors (Lipinski definition) is 3. The van der Waals surface area contributed by atoms with Gasteiger partial charge in [-0.05, 0) is 19.8 Å². The van der Waals surface area contributed by atoms with Crippen molar-refractivity contribution in [3.05, 3.63) is 11.4 Å². The van der Waals surface area contributed by atoms with Gasteiger partial charge in [0.05, 0.1) is 11.4 Å². The quantitative estimate of drug-likeness (QED) is 0.783. The lowest BCUT2D eigenvalue weighted by Crippen LogP contribution is -2.34. The molecule has 1 heterocycles. The molecule has 0 atom stereocenters. The van der Waals surface area contributed by atoms with Gasteiger partial charge in [0.2, 0.25) is 0 Å². The Bertz CT molecular complexity index is 404. The normalized spacial score (nSPS) is 16.6. The molecule has 1 fully saturated rings. The van der Waals surface area contributed by atoms with Crippen molar-refractivity contribution in [1.29, 1.82) is 0 Å². The van der Waals surface area contributed by atoms with Gasteiger partial charge < -0.3 is 11.1 Å². The first kappa shape index (κ1) is 11.0. The predicted octanol–water partition coefficient (Wildman–Crippen LogP) is 0.983. The van der Waals surface area contributed by atoms with Crippen molar-refractivity contribution in [2.24, 2.45) is 7.05 Å². The minimum atomic E-state index is -0.104. The second-order valence-corrected chi connectivity index (χ2v) is 4.43. The van der Waals surface area contributed by atoms with Crippen LogP contribution in [-0.4, -0.2) is 21.7 Å². The van der Waals surface area contributed by atoms with E-state index in [4.69, 9.17) is 5.73 Å². The number of aryl methyl sites for hydroxylation is 2. The van der Waals surface area contributed by atoms with E-state index in [0.29, 0.717) is 23.1 Å². The van der Waals surface area contributed by atoms with Crippen molar-refractivity contribution in [3.8, 4) is 0 Å². The average molecular weight is 222 g/mol. The third-order valence-corrected chi connectivity index (χ3v) is 3.17. The molecule has 0 aromatic carbocycles. The van der Waals surface area contributed by atoms with E-state index in [1.807, 2.05) is 6.92 Å². The lowest BCUT2D eigenvalue weighted by Gasteiger charge is -2.12. The van der Waals surface area contributed by atoms with Gasteiger partial charge in [-0.15, -0.1) is 0 Å². The number of nitrogens with zero attached hydrogens (tertiary/aromatic N) is 2. The van der Waals surface area contributed by atoms with Crippen LogP contribution in [0.25, 0.3) is 0 Å². The number of carbonyl (C=O) groups is 1. The standard InChI is InChI=1S/C11H18N4O/c1-7-9(12)10(15(2)14-7)11(16)13-8-5-3-4-6-8/h8H,3-6,12H2,1-2H3,(H,13,16). The van der Waals surface area contributed by atoms with Crippen LogP contribution in [0.15, 0.2) is 0 Å². The van der Waals surface area contributed by atoms with E-state index in [0.717, 1.165) is 12.8 Å². The van der Waals surface area contributed by atoms with Crippen LogP contribution in [0.5, 0.6) is 0 Å². The third-order valence-electron chi connectivity index (χ3n) is 3.17. The Morgan fingerprint density at radius 1 is 1.50 bits per heavy atom. The number of aromatic nitrogens is 2. The van der Waals surface area contributed by atoms with E-state index >= 15 is 0 Å². The molecule has 0 unspecified atom stereocenters. The molecular formula is C11H18N4O. The summed E-state index contributed by atoms with van der Waals surface area (Å²) in [6, 6.07) is 0.308. The van der Waals surface area contributed by atoms with Crippen LogP contribution in [0.2, 0.25) is 0 Å². The fraction of sp³-hybridized carbons (Fsp3) is 0.636. The lowest BCUT2D eigenvalue weighted by atomic mass is 10.2. The zero-order valence-electron chi connectivity index (χ0n) is 9.79. The molecule has 1 saturated carbocycles. The Morgan fingerprint density at radius 2 is 2.12 bits per heavy atom. The van der Waals surface area contributed by atoms with Gasteiger partial charge in [-0.2, -0.15) is 5.10 Å². The number of amides is 1. The number of anilines is 1. The number of hydrogen-bond donors (Lipinski definition) is 2. The Hall–Kier alpha value is -1.52. The van der Waals surface area contributed by atoms with E-state index in [1.54, 1.807) is 11.7 Å². The van der Waals surface area contributed by atoms with Crippen LogP contribution in [0.3, 0.4) is 0 Å². The summed E-state index contributed by atoms with van der Waals surface area (Å²) in [7, 11) is 1.74. The molecule has 2 rings (SSSR count). The molecule has 88 valence electrons. The van der Waals surface area contributed by atoms with Crippen LogP contribution in [0.1, 0.15) is 41.9 Å². The molecule has 5 heteroatoms. The highest BCUT2D eigenvalue weighted by atomic mass is 16.2. The van der Waals surface area contributed by atoms with Crippen LogP contribution in [0.4, 0.5) is 5.69 Å². The van der Waals surface area contributed by atoms with Gasteiger partial charge in [-0.1, -0.05) is 12.8 Å². The number of carbonyl (C=O) groups excluding carboxylic acids is 1. The second-order valence-electron chi connectivity index (χ2n) is 4.43. The first-order chi connectivity index (χ1) is 7.59. The highest BCUT2D eigenvalue weighted by molar-refractivity contribution is 5.98. The fourth-order valence-corrected chi connectivity index (χ4v) is 2.27. The highest BCUT2D eigenvalue weighted by Crippen LogP contribution is 2.20. The highest BCUT2D eigenvalue weighted by Gasteiger charge is 2.22. The smallest absolute Gasteiger partial charge is 0.271 e. The van der Waals surface area contributed by atoms with Crippen molar-refractivity contribution >= 4 is 11.6 Å². The zero-order chi connectivity index (χ0) is 11.7. The first-order valence-electron chi connectivity index (χ1n) is 5.69. The Kier molecular flexibility index (Phi) is 2.85. The summed E-state index contributed by atoms with van der Waals surface area (Å²) in [5.41, 5.74) is 7.50. The number of nitrogens with two attached hydrogens (primary N) is 1. The first-order valence-corrected chi connectivity index (χ1v) is 5.69. The molecule has 1 amide bonds. The Balaban J connectivity index is 2.13. The van der Waals surface area contributed by atoms with Crippen LogP contribution < -0.4 is 11.1 Å². The maximum atomic E-state index is 12.0. The molecule has 5 nitrogen and oxygen atoms in total. The summed E-state index contributed by atoms with van der Waals surface area (Å²) in [4.78, 5) is 12.0. The summed E-state index contributed by atoms with van der Waals surface area (Å²) in [6.07, 6.45) is 4.54. The van der Waals surface area contributed by atoms with Gasteiger partial charge in [-0.3, -0.25) is 9.48 Å². The number of nitrogen functional groups attached to an aromatic ring is 1. The molecule has 0 aliphatic heterocycles. The van der Waals surface area contributed by atoms with E-state index in [-0.39, 0.29) is 5.91 Å². The predicted molar refractivity (Wildman–Crippen MR) is 62.1 cm³/mol. The summed E-state index contributed by atoms with van der Waals surface area (Å²) in [5, 5.41) is 7.15. The number of rotatable bonds is 2. The molecule has 16 heavy (non-hydrogen) atoms. The molecule has 0 bridgehead atoms. The van der Waals surface area contributed by atoms with Gasteiger partial charge in [0, 0.05) is 13.1 Å². The molecule has 1 aromatic rings. The van der Waals surface area contributed by atoms with Crippen LogP contribution in [-0.2, 0) is 7.05 Å². The molecule has 1 aliphatic carbocycles. The van der Waals surface area contributed by atoms with E-state index in [9.17, 15) is 4.79 Å². The minimum absolute atomic E-state index is 0.104. The average Bonchev–Trinajstić information content (AvgIpc) is 2.77. The van der Waals surface area contributed by atoms with Crippen LogP contribution in [0, 0.1) is 6.92 Å². The van der Waals surface area contributed by atoms with Crippen molar-refractivity contribution in [2.45, 2.75) is 38.6 Å². The maximum Gasteiger partial charge on any atom is 0.271 e. The Morgan fingerprint density at radius 3 is 2.62 bits per heavy atom. The van der Waals surface area contributed by atoms with E-state index < -0.39 is 0 Å². The van der Waals surface area contributed by atoms with Gasteiger partial charge in [-0.25, -0.2) is 0 Å². The minimum Gasteiger partial charge on any atom is -0.395 e. The van der Waals surface area contributed by atoms with Crippen LogP contribution >= 0.6 is 0 Å². The van der Waals surface area contributed by atoms with Crippen molar-refractivity contribution < 1.29 is 4.79 Å². The largest absolute Gasteiger partial charge is 0.395 e. The van der Waals surface area contributed by atoms with Crippen molar-refractivity contribution in [3.63, 3.8) is 0 Å². The van der Waals surface area contributed by atoms with Gasteiger partial charge in [0.15, 0.2) is 0 Å². The SMILES string of the molecule is Cc1nn(C)c(C(=O)NC2CCCC2)c1N. The monoisotopic (exact) mass is 222 g/mol. The van der Waals surface area contributed by atoms with E-state index in [2.05, 4.69) is 10.4 Å². The third kappa shape index (κ3) is 1.89. The molecule has 1 aromatic heterocycles. The van der Waals surface area contributed by atoms with E-state index in [1.165, 1.54) is 12.8 Å². The summed E-state index contributed by atoms with van der Waals surface area (Å²) in [5.74, 6) is -0.104. The topological polar surface area (TPSA) is 72.9 Å². The summed E-state index contributed by atoms with van der Waals surface area (Å²) < 4.78 is 1.55. The Labute approximate surface area is 95.0 Å².